The average molecular weight is 245 g/mol. The first-order valence-corrected chi connectivity index (χ1v) is 4.63. The smallest absolute Gasteiger partial charge is 0.254 e. The van der Waals surface area contributed by atoms with Crippen molar-refractivity contribution in [2.45, 2.75) is 6.61 Å². The molecule has 0 aliphatic heterocycles. The molecule has 7 heteroatoms. The van der Waals surface area contributed by atoms with Gasteiger partial charge in [-0.1, -0.05) is 6.07 Å². The third-order valence-corrected chi connectivity index (χ3v) is 1.22. The number of thiocarbonyl (C=S) groups is 2. The lowest BCUT2D eigenvalue weighted by Gasteiger charge is -2.01. The van der Waals surface area contributed by atoms with Crippen LogP contribution in [0.4, 0.5) is 0 Å². The minimum Gasteiger partial charge on any atom is -0.487 e. The molecule has 5 N–H and O–H groups in total. The van der Waals surface area contributed by atoms with Crippen LogP contribution in [0.5, 0.6) is 0 Å². The summed E-state index contributed by atoms with van der Waals surface area (Å²) in [6, 6.07) is 3.73. The van der Waals surface area contributed by atoms with Gasteiger partial charge in [-0.3, -0.25) is 4.98 Å². The van der Waals surface area contributed by atoms with Gasteiger partial charge in [-0.2, -0.15) is 0 Å². The SMILES string of the molecule is NC(=S)OCc1cccnc1.NC(O)=S. The molecule has 1 aromatic rings. The molecule has 0 bridgehead atoms. The summed E-state index contributed by atoms with van der Waals surface area (Å²) < 4.78 is 4.90. The predicted molar refractivity (Wildman–Crippen MR) is 65.2 cm³/mol. The van der Waals surface area contributed by atoms with Gasteiger partial charge in [-0.15, -0.1) is 0 Å². The molecule has 0 aromatic carbocycles. The minimum atomic E-state index is -0.500. The Hall–Kier alpha value is -1.47. The summed E-state index contributed by atoms with van der Waals surface area (Å²) in [5, 5.41) is 7.13. The lowest BCUT2D eigenvalue weighted by atomic mass is 10.3. The van der Waals surface area contributed by atoms with Crippen LogP contribution in [0.3, 0.4) is 0 Å². The van der Waals surface area contributed by atoms with Crippen LogP contribution >= 0.6 is 24.4 Å². The van der Waals surface area contributed by atoms with Gasteiger partial charge in [0.25, 0.3) is 10.3 Å². The Bertz CT molecular complexity index is 315. The quantitative estimate of drug-likeness (QED) is 0.658. The van der Waals surface area contributed by atoms with E-state index < -0.39 is 5.17 Å². The Morgan fingerprint density at radius 2 is 2.07 bits per heavy atom. The number of aromatic nitrogens is 1. The van der Waals surface area contributed by atoms with Crippen LogP contribution in [-0.2, 0) is 11.3 Å². The molecule has 15 heavy (non-hydrogen) atoms. The van der Waals surface area contributed by atoms with Crippen molar-refractivity contribution in [2.75, 3.05) is 0 Å². The Morgan fingerprint density at radius 3 is 2.47 bits per heavy atom. The van der Waals surface area contributed by atoms with Crippen LogP contribution in [0, 0.1) is 0 Å². The lowest BCUT2D eigenvalue weighted by molar-refractivity contribution is 0.296. The number of hydrogen-bond donors (Lipinski definition) is 3. The summed E-state index contributed by atoms with van der Waals surface area (Å²) in [5.74, 6) is 0. The van der Waals surface area contributed by atoms with E-state index in [0.29, 0.717) is 6.61 Å². The van der Waals surface area contributed by atoms with Crippen LogP contribution in [0.1, 0.15) is 5.56 Å². The Morgan fingerprint density at radius 1 is 1.47 bits per heavy atom. The number of ether oxygens (including phenoxy) is 1. The van der Waals surface area contributed by atoms with Crippen molar-refractivity contribution < 1.29 is 9.84 Å². The highest BCUT2D eigenvalue weighted by atomic mass is 32.1. The van der Waals surface area contributed by atoms with Crippen molar-refractivity contribution in [2.24, 2.45) is 11.5 Å². The fourth-order valence-electron chi connectivity index (χ4n) is 0.638. The van der Waals surface area contributed by atoms with Crippen LogP contribution < -0.4 is 11.5 Å². The average Bonchev–Trinajstić information content (AvgIpc) is 2.15. The maximum Gasteiger partial charge on any atom is 0.254 e. The Balaban J connectivity index is 0.000000423. The summed E-state index contributed by atoms with van der Waals surface area (Å²) in [4.78, 5) is 3.90. The van der Waals surface area contributed by atoms with E-state index >= 15 is 0 Å². The van der Waals surface area contributed by atoms with Crippen molar-refractivity contribution in [3.8, 4) is 0 Å². The van der Waals surface area contributed by atoms with Crippen LogP contribution in [0.2, 0.25) is 0 Å². The first-order valence-electron chi connectivity index (χ1n) is 3.82. The molecule has 0 aliphatic rings. The molecule has 0 aliphatic carbocycles. The van der Waals surface area contributed by atoms with Gasteiger partial charge < -0.3 is 21.3 Å². The Labute approximate surface area is 98.1 Å². The molecule has 0 amide bonds. The lowest BCUT2D eigenvalue weighted by Crippen LogP contribution is -2.12. The monoisotopic (exact) mass is 245 g/mol. The second kappa shape index (κ2) is 7.89. The number of aliphatic hydroxyl groups excluding tert-OH is 1. The molecule has 1 rings (SSSR count). The molecule has 0 atom stereocenters. The van der Waals surface area contributed by atoms with E-state index in [0.717, 1.165) is 5.56 Å². The summed E-state index contributed by atoms with van der Waals surface area (Å²) >= 11 is 8.40. The largest absolute Gasteiger partial charge is 0.487 e. The second-order valence-electron chi connectivity index (χ2n) is 2.31. The first-order chi connectivity index (χ1) is 7.02. The van der Waals surface area contributed by atoms with E-state index in [-0.39, 0.29) is 5.17 Å². The van der Waals surface area contributed by atoms with Gasteiger partial charge in [0.15, 0.2) is 0 Å². The highest BCUT2D eigenvalue weighted by molar-refractivity contribution is 7.80. The summed E-state index contributed by atoms with van der Waals surface area (Å²) in [6.45, 7) is 0.392. The molecule has 0 radical (unpaired) electrons. The molecule has 1 aromatic heterocycles. The van der Waals surface area contributed by atoms with Gasteiger partial charge in [0.1, 0.15) is 6.61 Å². The fraction of sp³-hybridized carbons (Fsp3) is 0.125. The summed E-state index contributed by atoms with van der Waals surface area (Å²) in [6.07, 6.45) is 3.41. The molecule has 82 valence electrons. The second-order valence-corrected chi connectivity index (χ2v) is 3.13. The van der Waals surface area contributed by atoms with Gasteiger partial charge >= 0.3 is 0 Å². The maximum absolute atomic E-state index is 7.56. The van der Waals surface area contributed by atoms with E-state index in [4.69, 9.17) is 15.6 Å². The van der Waals surface area contributed by atoms with Crippen molar-refractivity contribution in [3.05, 3.63) is 30.1 Å². The van der Waals surface area contributed by atoms with Gasteiger partial charge in [0.05, 0.1) is 0 Å². The van der Waals surface area contributed by atoms with E-state index in [2.05, 4.69) is 35.2 Å². The highest BCUT2D eigenvalue weighted by Gasteiger charge is 1.91. The molecular formula is C8H11N3O2S2. The van der Waals surface area contributed by atoms with Crippen molar-refractivity contribution in [3.63, 3.8) is 0 Å². The normalized spacial score (nSPS) is 8.27. The third kappa shape index (κ3) is 10.5. The zero-order chi connectivity index (χ0) is 11.7. The molecule has 0 saturated carbocycles. The zero-order valence-corrected chi connectivity index (χ0v) is 9.42. The van der Waals surface area contributed by atoms with Crippen molar-refractivity contribution in [1.82, 2.24) is 4.98 Å². The van der Waals surface area contributed by atoms with E-state index in [1.807, 2.05) is 12.1 Å². The topological polar surface area (TPSA) is 94.4 Å². The maximum atomic E-state index is 7.56. The van der Waals surface area contributed by atoms with Crippen LogP contribution in [-0.4, -0.2) is 20.4 Å². The molecule has 0 saturated heterocycles. The van der Waals surface area contributed by atoms with Gasteiger partial charge in [-0.05, 0) is 30.5 Å². The van der Waals surface area contributed by atoms with Crippen LogP contribution in [0.15, 0.2) is 24.5 Å². The Kier molecular flexibility index (Phi) is 7.12. The van der Waals surface area contributed by atoms with Gasteiger partial charge in [0.2, 0.25) is 0 Å². The third-order valence-electron chi connectivity index (χ3n) is 1.10. The standard InChI is InChI=1S/C7H8N2OS.CH3NOS/c8-7(11)10-5-6-2-1-3-9-4-6;2-1(3)4/h1-4H,5H2,(H2,8,11);(H3,2,3,4). The number of hydrogen-bond acceptors (Lipinski definition) is 4. The number of pyridine rings is 1. The van der Waals surface area contributed by atoms with Gasteiger partial charge in [0, 0.05) is 18.0 Å². The number of rotatable bonds is 2. The van der Waals surface area contributed by atoms with E-state index in [1.165, 1.54) is 0 Å². The van der Waals surface area contributed by atoms with Crippen molar-refractivity contribution in [1.29, 1.82) is 0 Å². The minimum absolute atomic E-state index is 0.0638. The number of nitrogens with two attached hydrogens (primary N) is 2. The van der Waals surface area contributed by atoms with Crippen LogP contribution in [0.25, 0.3) is 0 Å². The first kappa shape index (κ1) is 13.5. The molecule has 0 unspecified atom stereocenters. The summed E-state index contributed by atoms with van der Waals surface area (Å²) in [7, 11) is 0. The van der Waals surface area contributed by atoms with E-state index in [9.17, 15) is 0 Å². The highest BCUT2D eigenvalue weighted by Crippen LogP contribution is 1.97. The predicted octanol–water partition coefficient (Wildman–Crippen LogP) is 0.630. The van der Waals surface area contributed by atoms with Gasteiger partial charge in [-0.25, -0.2) is 0 Å². The van der Waals surface area contributed by atoms with E-state index in [1.54, 1.807) is 12.4 Å². The number of nitrogens with zero attached hydrogens (tertiary/aromatic N) is 1. The molecule has 5 nitrogen and oxygen atoms in total. The molecule has 0 spiro atoms. The molecular weight excluding hydrogens is 234 g/mol. The molecule has 1 heterocycles. The fourth-order valence-corrected chi connectivity index (χ4v) is 0.697. The molecule has 0 fully saturated rings. The van der Waals surface area contributed by atoms with Crippen molar-refractivity contribution >= 4 is 34.8 Å². The zero-order valence-electron chi connectivity index (χ0n) is 7.79. The summed E-state index contributed by atoms with van der Waals surface area (Å²) in [5.41, 5.74) is 10.5. The number of aliphatic hydroxyl groups is 1.